The number of carbonyl (C=O) groups is 1. The van der Waals surface area contributed by atoms with Gasteiger partial charge in [-0.2, -0.15) is 4.31 Å². The van der Waals surface area contributed by atoms with Crippen LogP contribution in [0.15, 0.2) is 72.4 Å². The highest BCUT2D eigenvalue weighted by Gasteiger charge is 2.35. The number of hydrogen-bond donors (Lipinski definition) is 2. The number of nitrogens with zero attached hydrogens (tertiary/aromatic N) is 5. The molecule has 1 unspecified atom stereocenters. The summed E-state index contributed by atoms with van der Waals surface area (Å²) in [5, 5.41) is 5.38. The molecule has 2 saturated heterocycles. The van der Waals surface area contributed by atoms with Crippen LogP contribution in [0.3, 0.4) is 0 Å². The molecule has 0 spiro atoms. The third kappa shape index (κ3) is 5.88. The summed E-state index contributed by atoms with van der Waals surface area (Å²) in [6, 6.07) is 17.9. The Morgan fingerprint density at radius 3 is 2.59 bits per heavy atom. The van der Waals surface area contributed by atoms with Gasteiger partial charge in [-0.25, -0.2) is 18.4 Å². The van der Waals surface area contributed by atoms with E-state index in [4.69, 9.17) is 4.74 Å². The van der Waals surface area contributed by atoms with E-state index in [1.807, 2.05) is 56.3 Å². The maximum atomic E-state index is 13.6. The predicted molar refractivity (Wildman–Crippen MR) is 180 cm³/mol. The molecule has 3 aliphatic rings. The molecule has 0 saturated carbocycles. The quantitative estimate of drug-likeness (QED) is 0.302. The third-order valence-corrected chi connectivity index (χ3v) is 11.0. The first-order chi connectivity index (χ1) is 22.2. The van der Waals surface area contributed by atoms with Crippen molar-refractivity contribution in [3.63, 3.8) is 0 Å². The highest BCUT2D eigenvalue weighted by atomic mass is 32.2. The molecule has 1 atom stereocenters. The summed E-state index contributed by atoms with van der Waals surface area (Å²) < 4.78 is 32.0. The van der Waals surface area contributed by atoms with Crippen molar-refractivity contribution in [2.45, 2.75) is 38.1 Å². The number of fused-ring (bicyclic) bond motifs is 1. The van der Waals surface area contributed by atoms with Crippen molar-refractivity contribution in [3.05, 3.63) is 78.0 Å². The van der Waals surface area contributed by atoms with Crippen molar-refractivity contribution < 1.29 is 17.9 Å². The van der Waals surface area contributed by atoms with Crippen molar-refractivity contribution in [1.82, 2.24) is 19.3 Å². The number of nitrogens with one attached hydrogen (secondary N) is 2. The Morgan fingerprint density at radius 1 is 1.02 bits per heavy atom. The van der Waals surface area contributed by atoms with Gasteiger partial charge in [0.05, 0.1) is 24.0 Å². The van der Waals surface area contributed by atoms with E-state index in [2.05, 4.69) is 42.2 Å². The first kappa shape index (κ1) is 30.4. The van der Waals surface area contributed by atoms with Crippen LogP contribution in [0.25, 0.3) is 22.3 Å². The number of H-pyrrole nitrogens is 1. The monoisotopic (exact) mass is 641 g/mol. The van der Waals surface area contributed by atoms with Gasteiger partial charge >= 0.3 is 0 Å². The molecule has 4 aromatic rings. The Kier molecular flexibility index (Phi) is 8.04. The van der Waals surface area contributed by atoms with Crippen LogP contribution in [0.2, 0.25) is 0 Å². The highest BCUT2D eigenvalue weighted by molar-refractivity contribution is 7.92. The number of amides is 1. The van der Waals surface area contributed by atoms with Crippen LogP contribution < -0.4 is 15.1 Å². The number of carbonyl (C=O) groups excluding carboxylic acids is 1. The average molecular weight is 642 g/mol. The minimum absolute atomic E-state index is 0.0687. The summed E-state index contributed by atoms with van der Waals surface area (Å²) >= 11 is 0. The topological polar surface area (TPSA) is 124 Å². The number of anilines is 3. The first-order valence-corrected chi connectivity index (χ1v) is 17.3. The number of aromatic amines is 1. The van der Waals surface area contributed by atoms with E-state index in [-0.39, 0.29) is 11.9 Å². The van der Waals surface area contributed by atoms with Gasteiger partial charge in [-0.05, 0) is 68.1 Å². The summed E-state index contributed by atoms with van der Waals surface area (Å²) in [7, 11) is -3.34. The molecule has 5 heterocycles. The highest BCUT2D eigenvalue weighted by Crippen LogP contribution is 2.33. The summed E-state index contributed by atoms with van der Waals surface area (Å²) in [6.45, 7) is 8.71. The largest absolute Gasteiger partial charge is 0.378 e. The van der Waals surface area contributed by atoms with Crippen molar-refractivity contribution >= 4 is 44.2 Å². The molecule has 2 aromatic heterocycles. The maximum absolute atomic E-state index is 13.6. The molecule has 0 bridgehead atoms. The molecule has 0 radical (unpaired) electrons. The van der Waals surface area contributed by atoms with Crippen molar-refractivity contribution in [2.75, 3.05) is 61.1 Å². The zero-order valence-electron chi connectivity index (χ0n) is 26.1. The second-order valence-corrected chi connectivity index (χ2v) is 14.4. The summed E-state index contributed by atoms with van der Waals surface area (Å²) in [5.41, 5.74) is 4.49. The molecular formula is C34H39N7O4S. The Labute approximate surface area is 269 Å². The lowest BCUT2D eigenvalue weighted by Crippen LogP contribution is -2.48. The molecule has 2 N–H and O–H groups in total. The van der Waals surface area contributed by atoms with Gasteiger partial charge in [-0.1, -0.05) is 30.3 Å². The van der Waals surface area contributed by atoms with Gasteiger partial charge in [0.2, 0.25) is 15.9 Å². The Bertz CT molecular complexity index is 1880. The van der Waals surface area contributed by atoms with Gasteiger partial charge in [0.1, 0.15) is 17.8 Å². The minimum atomic E-state index is -3.34. The van der Waals surface area contributed by atoms with E-state index in [1.165, 1.54) is 5.41 Å². The fourth-order valence-electron chi connectivity index (χ4n) is 6.58. The molecule has 1 amide bonds. The Morgan fingerprint density at radius 2 is 1.83 bits per heavy atom. The third-order valence-electron chi connectivity index (χ3n) is 9.35. The predicted octanol–water partition coefficient (Wildman–Crippen LogP) is 4.51. The minimum Gasteiger partial charge on any atom is -0.378 e. The van der Waals surface area contributed by atoms with Gasteiger partial charge in [-0.3, -0.25) is 4.79 Å². The molecule has 46 heavy (non-hydrogen) atoms. The molecule has 0 aliphatic carbocycles. The van der Waals surface area contributed by atoms with Gasteiger partial charge in [0, 0.05) is 61.2 Å². The lowest BCUT2D eigenvalue weighted by molar-refractivity contribution is -0.120. The second-order valence-electron chi connectivity index (χ2n) is 12.7. The van der Waals surface area contributed by atoms with Gasteiger partial charge in [0.25, 0.3) is 0 Å². The molecule has 11 nitrogen and oxygen atoms in total. The van der Waals surface area contributed by atoms with Crippen LogP contribution >= 0.6 is 0 Å². The number of piperidine rings is 1. The zero-order valence-corrected chi connectivity index (χ0v) is 27.0. The lowest BCUT2D eigenvalue weighted by atomic mass is 9.83. The summed E-state index contributed by atoms with van der Waals surface area (Å²) in [5.74, 6) is 0.794. The van der Waals surface area contributed by atoms with Crippen LogP contribution in [0.4, 0.5) is 17.2 Å². The van der Waals surface area contributed by atoms with Gasteiger partial charge in [0.15, 0.2) is 0 Å². The molecule has 240 valence electrons. The number of aromatic nitrogens is 3. The van der Waals surface area contributed by atoms with E-state index in [0.29, 0.717) is 32.0 Å². The molecule has 12 heteroatoms. The van der Waals surface area contributed by atoms with E-state index >= 15 is 0 Å². The fraction of sp³-hybridized carbons (Fsp3) is 0.382. The normalized spacial score (nSPS) is 20.3. The number of rotatable bonds is 7. The number of hydrogen-bond acceptors (Lipinski definition) is 8. The van der Waals surface area contributed by atoms with Crippen molar-refractivity contribution in [2.24, 2.45) is 0 Å². The maximum Gasteiger partial charge on any atom is 0.236 e. The van der Waals surface area contributed by atoms with Crippen LogP contribution in [0.5, 0.6) is 0 Å². The molecule has 2 fully saturated rings. The summed E-state index contributed by atoms with van der Waals surface area (Å²) in [6.07, 6.45) is 5.05. The average Bonchev–Trinajstić information content (AvgIpc) is 3.68. The molecular weight excluding hydrogens is 602 g/mol. The van der Waals surface area contributed by atoms with Crippen LogP contribution in [-0.4, -0.2) is 85.6 Å². The van der Waals surface area contributed by atoms with E-state index in [1.54, 1.807) is 16.7 Å². The first-order valence-electron chi connectivity index (χ1n) is 15.8. The van der Waals surface area contributed by atoms with Crippen LogP contribution in [0.1, 0.15) is 32.3 Å². The second kappa shape index (κ2) is 12.2. The van der Waals surface area contributed by atoms with Crippen LogP contribution in [0, 0.1) is 0 Å². The van der Waals surface area contributed by atoms with Crippen LogP contribution in [-0.2, 0) is 25.0 Å². The van der Waals surface area contributed by atoms with Gasteiger partial charge < -0.3 is 24.8 Å². The zero-order chi connectivity index (χ0) is 31.9. The Hall–Kier alpha value is -4.26. The summed E-state index contributed by atoms with van der Waals surface area (Å²) in [4.78, 5) is 30.5. The number of benzene rings is 2. The SMILES string of the molecule is CC(C)(C(=O)Nc1ccc(-c2cc3c(N4CCOCC4)ncnc3[nH]2)cc1)c1cccc(N2CCCC(N3CC=CS3(=O)=O)C2)c1. The Balaban J connectivity index is 1.04. The van der Waals surface area contributed by atoms with Gasteiger partial charge in [-0.15, -0.1) is 0 Å². The number of ether oxygens (including phenoxy) is 1. The molecule has 7 rings (SSSR count). The molecule has 2 aromatic carbocycles. The fourth-order valence-corrected chi connectivity index (χ4v) is 7.95. The van der Waals surface area contributed by atoms with E-state index in [9.17, 15) is 13.2 Å². The number of sulfonamides is 1. The van der Waals surface area contributed by atoms with E-state index < -0.39 is 15.4 Å². The smallest absolute Gasteiger partial charge is 0.236 e. The standard InChI is InChI=1S/C34H39N7O4S/c1-34(2,25-6-3-7-27(20-25)40-13-4-8-28(22-40)41-14-5-19-46(41,43)44)33(42)37-26-11-9-24(10-12-26)30-21-29-31(38-30)35-23-36-32(29)39-15-17-45-18-16-39/h3,5-7,9-12,19-21,23,28H,4,8,13-18,22H2,1-2H3,(H,37,42)(H,35,36,38). The van der Waals surface area contributed by atoms with E-state index in [0.717, 1.165) is 71.8 Å². The molecule has 3 aliphatic heterocycles. The van der Waals surface area contributed by atoms with Crippen molar-refractivity contribution in [3.8, 4) is 11.3 Å². The van der Waals surface area contributed by atoms with Crippen molar-refractivity contribution in [1.29, 1.82) is 0 Å². The number of morpholine rings is 1. The lowest BCUT2D eigenvalue weighted by Gasteiger charge is -2.38.